The van der Waals surface area contributed by atoms with Crippen molar-refractivity contribution < 1.29 is 23.8 Å². The summed E-state index contributed by atoms with van der Waals surface area (Å²) in [6.07, 6.45) is 4.59. The topological polar surface area (TPSA) is 91.3 Å². The van der Waals surface area contributed by atoms with Gasteiger partial charge in [-0.15, -0.1) is 0 Å². The van der Waals surface area contributed by atoms with Gasteiger partial charge in [0.25, 0.3) is 5.91 Å². The SMILES string of the molecule is O=C1c2c(nc(OCC34CCCN3CC(F)C4)nc2N2CCCOCC2)CN1c1cc(O)ccc1C1CC1. The van der Waals surface area contributed by atoms with E-state index in [0.29, 0.717) is 62.3 Å². The van der Waals surface area contributed by atoms with Gasteiger partial charge < -0.3 is 24.4 Å². The first-order valence-corrected chi connectivity index (χ1v) is 13.9. The number of halogens is 1. The van der Waals surface area contributed by atoms with Gasteiger partial charge in [0.2, 0.25) is 0 Å². The van der Waals surface area contributed by atoms with E-state index in [-0.39, 0.29) is 29.8 Å². The van der Waals surface area contributed by atoms with Gasteiger partial charge in [0.15, 0.2) is 0 Å². The van der Waals surface area contributed by atoms with Gasteiger partial charge in [-0.1, -0.05) is 6.07 Å². The fourth-order valence-corrected chi connectivity index (χ4v) is 6.76. The smallest absolute Gasteiger partial charge is 0.318 e. The number of carbonyl (C=O) groups is 1. The minimum atomic E-state index is -0.832. The summed E-state index contributed by atoms with van der Waals surface area (Å²) in [6.45, 7) is 4.55. The van der Waals surface area contributed by atoms with E-state index in [2.05, 4.69) is 9.80 Å². The summed E-state index contributed by atoms with van der Waals surface area (Å²) in [5.74, 6) is 0.965. The van der Waals surface area contributed by atoms with Crippen LogP contribution >= 0.6 is 0 Å². The van der Waals surface area contributed by atoms with Crippen LogP contribution in [0.15, 0.2) is 18.2 Å². The Kier molecular flexibility index (Phi) is 5.92. The Morgan fingerprint density at radius 2 is 2.05 bits per heavy atom. The zero-order valence-corrected chi connectivity index (χ0v) is 21.6. The number of aromatic hydroxyl groups is 1. The first kappa shape index (κ1) is 24.1. The van der Waals surface area contributed by atoms with Crippen LogP contribution in [0.2, 0.25) is 0 Å². The molecule has 1 aliphatic carbocycles. The molecule has 5 aliphatic rings. The van der Waals surface area contributed by atoms with E-state index in [1.165, 1.54) is 0 Å². The predicted molar refractivity (Wildman–Crippen MR) is 139 cm³/mol. The Morgan fingerprint density at radius 1 is 1.16 bits per heavy atom. The summed E-state index contributed by atoms with van der Waals surface area (Å²) in [5, 5.41) is 10.3. The Balaban J connectivity index is 1.23. The maximum atomic E-state index is 14.3. The number of alkyl halides is 1. The molecule has 4 fully saturated rings. The Morgan fingerprint density at radius 3 is 2.92 bits per heavy atom. The number of rotatable bonds is 6. The molecule has 3 saturated heterocycles. The molecule has 2 unspecified atom stereocenters. The molecule has 2 aromatic rings. The molecule has 0 radical (unpaired) electrons. The molecule has 38 heavy (non-hydrogen) atoms. The van der Waals surface area contributed by atoms with E-state index >= 15 is 0 Å². The van der Waals surface area contributed by atoms with Crippen molar-refractivity contribution in [2.45, 2.75) is 62.7 Å². The number of phenolic OH excluding ortho intramolecular Hbond substituents is 1. The van der Waals surface area contributed by atoms with Crippen LogP contribution in [-0.2, 0) is 11.3 Å². The van der Waals surface area contributed by atoms with Gasteiger partial charge in [-0.25, -0.2) is 4.39 Å². The third-order valence-electron chi connectivity index (χ3n) is 8.79. The van der Waals surface area contributed by atoms with E-state index in [0.717, 1.165) is 56.4 Å². The van der Waals surface area contributed by atoms with Crippen molar-refractivity contribution >= 4 is 17.4 Å². The van der Waals surface area contributed by atoms with E-state index in [4.69, 9.17) is 19.4 Å². The summed E-state index contributed by atoms with van der Waals surface area (Å²) in [4.78, 5) is 29.5. The maximum Gasteiger partial charge on any atom is 0.318 e. The standard InChI is InChI=1S/C28H34FN5O4/c29-19-14-28(7-1-9-33(28)15-19)17-38-27-30-22-16-34(23-13-20(35)5-6-21(23)18-3-4-18)26(36)24(22)25(31-27)32-8-2-11-37-12-10-32/h5-6,13,18-19,35H,1-4,7-12,14-17H2. The van der Waals surface area contributed by atoms with Gasteiger partial charge in [0.1, 0.15) is 29.9 Å². The molecule has 1 saturated carbocycles. The highest BCUT2D eigenvalue weighted by molar-refractivity contribution is 6.13. The summed E-state index contributed by atoms with van der Waals surface area (Å²) < 4.78 is 26.2. The second kappa shape index (κ2) is 9.34. The van der Waals surface area contributed by atoms with Crippen molar-refractivity contribution in [3.63, 3.8) is 0 Å². The van der Waals surface area contributed by atoms with Crippen molar-refractivity contribution in [3.8, 4) is 11.8 Å². The fourth-order valence-electron chi connectivity index (χ4n) is 6.76. The van der Waals surface area contributed by atoms with Crippen LogP contribution in [0.3, 0.4) is 0 Å². The van der Waals surface area contributed by atoms with Crippen LogP contribution in [0.4, 0.5) is 15.9 Å². The van der Waals surface area contributed by atoms with E-state index in [1.54, 1.807) is 17.0 Å². The molecule has 0 bridgehead atoms. The van der Waals surface area contributed by atoms with Crippen LogP contribution in [0, 0.1) is 0 Å². The molecule has 5 heterocycles. The molecule has 4 aliphatic heterocycles. The van der Waals surface area contributed by atoms with Crippen molar-refractivity contribution in [2.24, 2.45) is 0 Å². The number of hydrogen-bond acceptors (Lipinski definition) is 8. The number of nitrogens with zero attached hydrogens (tertiary/aromatic N) is 5. The van der Waals surface area contributed by atoms with E-state index < -0.39 is 6.17 Å². The highest BCUT2D eigenvalue weighted by Gasteiger charge is 2.49. The summed E-state index contributed by atoms with van der Waals surface area (Å²) in [6, 6.07) is 5.54. The number of benzene rings is 1. The third kappa shape index (κ3) is 4.18. The molecular formula is C28H34FN5O4. The Labute approximate surface area is 221 Å². The monoisotopic (exact) mass is 523 g/mol. The summed E-state index contributed by atoms with van der Waals surface area (Å²) in [5.41, 5.74) is 2.64. The highest BCUT2D eigenvalue weighted by atomic mass is 19.1. The number of ether oxygens (including phenoxy) is 2. The van der Waals surface area contributed by atoms with E-state index in [9.17, 15) is 14.3 Å². The second-order valence-corrected chi connectivity index (χ2v) is 11.4. The lowest BCUT2D eigenvalue weighted by Gasteiger charge is -2.31. The fraction of sp³-hybridized carbons (Fsp3) is 0.607. The van der Waals surface area contributed by atoms with Crippen LogP contribution in [-0.4, -0.2) is 83.6 Å². The number of carbonyl (C=O) groups excluding carboxylic acids is 1. The van der Waals surface area contributed by atoms with Gasteiger partial charge >= 0.3 is 6.01 Å². The molecule has 0 spiro atoms. The van der Waals surface area contributed by atoms with Crippen LogP contribution in [0.25, 0.3) is 0 Å². The van der Waals surface area contributed by atoms with Crippen LogP contribution in [0.5, 0.6) is 11.8 Å². The minimum Gasteiger partial charge on any atom is -0.508 e. The molecule has 9 nitrogen and oxygen atoms in total. The number of anilines is 2. The molecule has 7 rings (SSSR count). The van der Waals surface area contributed by atoms with Gasteiger partial charge in [-0.2, -0.15) is 9.97 Å². The lowest BCUT2D eigenvalue weighted by molar-refractivity contribution is 0.0995. The number of fused-ring (bicyclic) bond motifs is 2. The van der Waals surface area contributed by atoms with Crippen molar-refractivity contribution in [1.82, 2.24) is 14.9 Å². The lowest BCUT2D eigenvalue weighted by atomic mass is 9.95. The zero-order valence-electron chi connectivity index (χ0n) is 21.6. The maximum absolute atomic E-state index is 14.3. The van der Waals surface area contributed by atoms with Crippen molar-refractivity contribution in [2.75, 3.05) is 55.8 Å². The molecule has 202 valence electrons. The molecule has 10 heteroatoms. The minimum absolute atomic E-state index is 0.135. The first-order valence-electron chi connectivity index (χ1n) is 13.9. The van der Waals surface area contributed by atoms with Gasteiger partial charge in [-0.05, 0) is 56.2 Å². The zero-order chi connectivity index (χ0) is 25.9. The number of phenols is 1. The Bertz CT molecular complexity index is 1250. The largest absolute Gasteiger partial charge is 0.508 e. The molecule has 1 N–H and O–H groups in total. The van der Waals surface area contributed by atoms with Gasteiger partial charge in [0, 0.05) is 38.7 Å². The van der Waals surface area contributed by atoms with Gasteiger partial charge in [0.05, 0.1) is 30.1 Å². The molecule has 1 aromatic carbocycles. The quantitative estimate of drug-likeness (QED) is 0.616. The van der Waals surface area contributed by atoms with Crippen molar-refractivity contribution in [1.29, 1.82) is 0 Å². The average Bonchev–Trinajstić information content (AvgIpc) is 3.58. The van der Waals surface area contributed by atoms with Gasteiger partial charge in [-0.3, -0.25) is 9.69 Å². The van der Waals surface area contributed by atoms with E-state index in [1.807, 2.05) is 6.07 Å². The summed E-state index contributed by atoms with van der Waals surface area (Å²) >= 11 is 0. The lowest BCUT2D eigenvalue weighted by Crippen LogP contribution is -2.43. The number of amides is 1. The average molecular weight is 524 g/mol. The number of aromatic nitrogens is 2. The number of hydrogen-bond donors (Lipinski definition) is 1. The molecule has 2 atom stereocenters. The predicted octanol–water partition coefficient (Wildman–Crippen LogP) is 3.40. The third-order valence-corrected chi connectivity index (χ3v) is 8.79. The summed E-state index contributed by atoms with van der Waals surface area (Å²) in [7, 11) is 0. The highest BCUT2D eigenvalue weighted by Crippen LogP contribution is 2.47. The molecule has 1 aromatic heterocycles. The molecule has 1 amide bonds. The second-order valence-electron chi connectivity index (χ2n) is 11.4. The molecular weight excluding hydrogens is 489 g/mol. The van der Waals surface area contributed by atoms with Crippen LogP contribution in [0.1, 0.15) is 66.1 Å². The van der Waals surface area contributed by atoms with Crippen molar-refractivity contribution in [3.05, 3.63) is 35.0 Å². The normalized spacial score (nSPS) is 27.5. The first-order chi connectivity index (χ1) is 18.5. The Hall–Kier alpha value is -2.98. The van der Waals surface area contributed by atoms with Crippen LogP contribution < -0.4 is 14.5 Å².